The molecule has 0 saturated heterocycles. The summed E-state index contributed by atoms with van der Waals surface area (Å²) >= 11 is 0. The number of rotatable bonds is 6. The van der Waals surface area contributed by atoms with Gasteiger partial charge in [0, 0.05) is 25.5 Å². The topological polar surface area (TPSA) is 84.1 Å². The highest BCUT2D eigenvalue weighted by Gasteiger charge is 2.20. The largest absolute Gasteiger partial charge is 0.508 e. The maximum absolute atomic E-state index is 13.2. The number of amides is 1. The van der Waals surface area contributed by atoms with Crippen LogP contribution >= 0.6 is 0 Å². The number of hydrogen-bond donors (Lipinski definition) is 1. The van der Waals surface area contributed by atoms with Crippen LogP contribution in [0.15, 0.2) is 85.3 Å². The third kappa shape index (κ3) is 4.47. The highest BCUT2D eigenvalue weighted by molar-refractivity contribution is 5.92. The van der Waals surface area contributed by atoms with Gasteiger partial charge in [0.25, 0.3) is 5.91 Å². The number of phenols is 1. The monoisotopic (exact) mass is 385 g/mol. The van der Waals surface area contributed by atoms with Crippen LogP contribution in [-0.2, 0) is 13.1 Å². The molecule has 0 saturated carbocycles. The summed E-state index contributed by atoms with van der Waals surface area (Å²) in [6.45, 7) is 0.778. The number of hydrogen-bond acceptors (Lipinski definition) is 5. The summed E-state index contributed by atoms with van der Waals surface area (Å²) in [4.78, 5) is 18.9. The van der Waals surface area contributed by atoms with E-state index in [1.165, 1.54) is 0 Å². The molecule has 144 valence electrons. The van der Waals surface area contributed by atoms with E-state index in [2.05, 4.69) is 15.3 Å². The number of aromatic nitrogens is 4. The summed E-state index contributed by atoms with van der Waals surface area (Å²) < 4.78 is 1.58. The molecule has 4 rings (SSSR count). The van der Waals surface area contributed by atoms with E-state index in [0.717, 1.165) is 16.8 Å². The summed E-state index contributed by atoms with van der Waals surface area (Å²) in [5, 5.41) is 17.7. The molecule has 2 heterocycles. The van der Waals surface area contributed by atoms with Gasteiger partial charge in [0.15, 0.2) is 5.69 Å². The zero-order valence-corrected chi connectivity index (χ0v) is 15.6. The molecule has 0 aliphatic heterocycles. The average Bonchev–Trinajstić information content (AvgIpc) is 3.26. The lowest BCUT2D eigenvalue weighted by molar-refractivity contribution is 0.0724. The summed E-state index contributed by atoms with van der Waals surface area (Å²) in [6, 6.07) is 20.1. The van der Waals surface area contributed by atoms with E-state index < -0.39 is 0 Å². The predicted molar refractivity (Wildman–Crippen MR) is 107 cm³/mol. The quantitative estimate of drug-likeness (QED) is 0.551. The molecular weight excluding hydrogens is 366 g/mol. The van der Waals surface area contributed by atoms with Crippen LogP contribution in [0.3, 0.4) is 0 Å². The molecule has 0 aliphatic carbocycles. The van der Waals surface area contributed by atoms with Gasteiger partial charge in [-0.05, 0) is 47.5 Å². The Hall–Kier alpha value is -4.00. The Morgan fingerprint density at radius 2 is 1.55 bits per heavy atom. The highest BCUT2D eigenvalue weighted by Crippen LogP contribution is 2.16. The van der Waals surface area contributed by atoms with Crippen LogP contribution in [0.1, 0.15) is 21.6 Å². The third-order valence-electron chi connectivity index (χ3n) is 4.45. The minimum Gasteiger partial charge on any atom is -0.508 e. The fourth-order valence-corrected chi connectivity index (χ4v) is 2.96. The first-order valence-corrected chi connectivity index (χ1v) is 9.13. The van der Waals surface area contributed by atoms with Crippen LogP contribution < -0.4 is 0 Å². The Bertz CT molecular complexity index is 1080. The van der Waals surface area contributed by atoms with Crippen molar-refractivity contribution < 1.29 is 9.90 Å². The third-order valence-corrected chi connectivity index (χ3v) is 4.45. The Balaban J connectivity index is 1.60. The number of carbonyl (C=O) groups is 1. The molecule has 2 aromatic carbocycles. The van der Waals surface area contributed by atoms with Crippen LogP contribution in [0.25, 0.3) is 5.69 Å². The van der Waals surface area contributed by atoms with Crippen molar-refractivity contribution >= 4 is 5.91 Å². The second kappa shape index (κ2) is 8.35. The maximum Gasteiger partial charge on any atom is 0.276 e. The fraction of sp³-hybridized carbons (Fsp3) is 0.0909. The first kappa shape index (κ1) is 18.4. The molecule has 1 N–H and O–H groups in total. The zero-order valence-electron chi connectivity index (χ0n) is 15.6. The minimum atomic E-state index is -0.225. The van der Waals surface area contributed by atoms with Crippen LogP contribution in [0.5, 0.6) is 5.75 Å². The van der Waals surface area contributed by atoms with Crippen molar-refractivity contribution in [2.75, 3.05) is 0 Å². The van der Waals surface area contributed by atoms with Crippen molar-refractivity contribution in [2.24, 2.45) is 0 Å². The molecule has 4 aromatic rings. The standard InChI is InChI=1S/C22H19N5O2/c28-20-8-6-17(7-9-20)14-26(15-18-10-12-23-13-11-18)22(29)21-16-27(25-24-21)19-4-2-1-3-5-19/h1-13,16,28H,14-15H2. The highest BCUT2D eigenvalue weighted by atomic mass is 16.3. The van der Waals surface area contributed by atoms with E-state index in [1.54, 1.807) is 52.4 Å². The van der Waals surface area contributed by atoms with Gasteiger partial charge in [-0.25, -0.2) is 4.68 Å². The molecular formula is C22H19N5O2. The lowest BCUT2D eigenvalue weighted by Gasteiger charge is -2.22. The molecule has 7 nitrogen and oxygen atoms in total. The van der Waals surface area contributed by atoms with Gasteiger partial charge in [0.2, 0.25) is 0 Å². The Labute approximate surface area is 167 Å². The molecule has 0 aliphatic rings. The number of phenolic OH excluding ortho intramolecular Hbond substituents is 1. The molecule has 0 fully saturated rings. The van der Waals surface area contributed by atoms with Crippen LogP contribution in [0.2, 0.25) is 0 Å². The number of aromatic hydroxyl groups is 1. The van der Waals surface area contributed by atoms with Gasteiger partial charge in [-0.1, -0.05) is 35.5 Å². The van der Waals surface area contributed by atoms with Crippen LogP contribution in [-0.4, -0.2) is 35.9 Å². The van der Waals surface area contributed by atoms with Gasteiger partial charge < -0.3 is 10.0 Å². The second-order valence-corrected chi connectivity index (χ2v) is 6.57. The molecule has 0 spiro atoms. The summed E-state index contributed by atoms with van der Waals surface area (Å²) in [6.07, 6.45) is 5.03. The van der Waals surface area contributed by atoms with E-state index in [-0.39, 0.29) is 17.4 Å². The Kier molecular flexibility index (Phi) is 5.29. The van der Waals surface area contributed by atoms with Gasteiger partial charge in [0.05, 0.1) is 11.9 Å². The first-order chi connectivity index (χ1) is 14.2. The number of nitrogens with zero attached hydrogens (tertiary/aromatic N) is 5. The minimum absolute atomic E-state index is 0.187. The molecule has 0 atom stereocenters. The van der Waals surface area contributed by atoms with E-state index >= 15 is 0 Å². The summed E-state index contributed by atoms with van der Waals surface area (Å²) in [7, 11) is 0. The molecule has 0 unspecified atom stereocenters. The van der Waals surface area contributed by atoms with Crippen LogP contribution in [0, 0.1) is 0 Å². The van der Waals surface area contributed by atoms with E-state index in [1.807, 2.05) is 42.5 Å². The smallest absolute Gasteiger partial charge is 0.276 e. The average molecular weight is 385 g/mol. The van der Waals surface area contributed by atoms with Crippen molar-refractivity contribution in [1.29, 1.82) is 0 Å². The van der Waals surface area contributed by atoms with Gasteiger partial charge in [-0.15, -0.1) is 5.10 Å². The van der Waals surface area contributed by atoms with E-state index in [4.69, 9.17) is 0 Å². The lowest BCUT2D eigenvalue weighted by Crippen LogP contribution is -2.30. The van der Waals surface area contributed by atoms with Crippen molar-refractivity contribution in [2.45, 2.75) is 13.1 Å². The number of pyridine rings is 1. The SMILES string of the molecule is O=C(c1cn(-c2ccccc2)nn1)N(Cc1ccncc1)Cc1ccc(O)cc1. The van der Waals surface area contributed by atoms with Gasteiger partial charge >= 0.3 is 0 Å². The maximum atomic E-state index is 13.2. The second-order valence-electron chi connectivity index (χ2n) is 6.57. The molecule has 2 aromatic heterocycles. The summed E-state index contributed by atoms with van der Waals surface area (Å²) in [5.41, 5.74) is 2.96. The van der Waals surface area contributed by atoms with Crippen molar-refractivity contribution in [3.05, 3.63) is 102 Å². The normalized spacial score (nSPS) is 10.6. The molecule has 29 heavy (non-hydrogen) atoms. The van der Waals surface area contributed by atoms with Crippen molar-refractivity contribution in [3.63, 3.8) is 0 Å². The molecule has 7 heteroatoms. The van der Waals surface area contributed by atoms with Crippen molar-refractivity contribution in [1.82, 2.24) is 24.9 Å². The number of para-hydroxylation sites is 1. The molecule has 0 radical (unpaired) electrons. The molecule has 0 bridgehead atoms. The van der Waals surface area contributed by atoms with Crippen molar-refractivity contribution in [3.8, 4) is 11.4 Å². The van der Waals surface area contributed by atoms with Gasteiger partial charge in [-0.3, -0.25) is 9.78 Å². The van der Waals surface area contributed by atoms with Gasteiger partial charge in [-0.2, -0.15) is 0 Å². The first-order valence-electron chi connectivity index (χ1n) is 9.13. The molecule has 1 amide bonds. The van der Waals surface area contributed by atoms with E-state index in [0.29, 0.717) is 13.1 Å². The van der Waals surface area contributed by atoms with Crippen LogP contribution in [0.4, 0.5) is 0 Å². The Morgan fingerprint density at radius 3 is 2.24 bits per heavy atom. The Morgan fingerprint density at radius 1 is 0.897 bits per heavy atom. The number of carbonyl (C=O) groups excluding carboxylic acids is 1. The summed E-state index contributed by atoms with van der Waals surface area (Å²) in [5.74, 6) is -0.0383. The lowest BCUT2D eigenvalue weighted by atomic mass is 10.1. The van der Waals surface area contributed by atoms with E-state index in [9.17, 15) is 9.90 Å². The number of benzene rings is 2. The zero-order chi connectivity index (χ0) is 20.1. The fourth-order valence-electron chi connectivity index (χ4n) is 2.96. The predicted octanol–water partition coefficient (Wildman–Crippen LogP) is 3.21. The van der Waals surface area contributed by atoms with Gasteiger partial charge in [0.1, 0.15) is 5.75 Å².